The minimum atomic E-state index is 0.107. The molecular weight excluding hydrogens is 326 g/mol. The van der Waals surface area contributed by atoms with Gasteiger partial charge in [-0.25, -0.2) is 0 Å². The van der Waals surface area contributed by atoms with Crippen molar-refractivity contribution in [2.75, 3.05) is 46.0 Å². The van der Waals surface area contributed by atoms with E-state index < -0.39 is 0 Å². The topological polar surface area (TPSA) is 46.1 Å². The van der Waals surface area contributed by atoms with E-state index in [0.717, 1.165) is 64.3 Å². The molecule has 1 saturated heterocycles. The Balaban J connectivity index is 1.52. The molecule has 1 unspecified atom stereocenters. The molecule has 0 bridgehead atoms. The summed E-state index contributed by atoms with van der Waals surface area (Å²) in [7, 11) is 0. The van der Waals surface area contributed by atoms with Crippen molar-refractivity contribution in [3.8, 4) is 0 Å². The van der Waals surface area contributed by atoms with Gasteiger partial charge in [-0.1, -0.05) is 24.3 Å². The second-order valence-electron chi connectivity index (χ2n) is 7.27. The number of aryl methyl sites for hydroxylation is 1. The maximum absolute atomic E-state index is 6.04. The molecule has 1 heterocycles. The Kier molecular flexibility index (Phi) is 7.32. The van der Waals surface area contributed by atoms with Gasteiger partial charge in [0.1, 0.15) is 6.10 Å². The fraction of sp³-hybridized carbons (Fsp3) is 0.667. The SMILES string of the molecule is CCNC(=NCCCOCC1CC1)N1CCOC(c2ccccc2C)C1. The van der Waals surface area contributed by atoms with Gasteiger partial charge in [-0.2, -0.15) is 0 Å². The van der Waals surface area contributed by atoms with Crippen molar-refractivity contribution in [3.05, 3.63) is 35.4 Å². The standard InChI is InChI=1S/C21H33N3O2/c1-3-22-21(23-11-6-13-25-16-18-9-10-18)24-12-14-26-20(15-24)19-8-5-4-7-17(19)2/h4-5,7-8,18,20H,3,6,9-16H2,1-2H3,(H,22,23). The molecule has 0 radical (unpaired) electrons. The highest BCUT2D eigenvalue weighted by molar-refractivity contribution is 5.80. The summed E-state index contributed by atoms with van der Waals surface area (Å²) < 4.78 is 11.8. The molecule has 1 aromatic rings. The molecule has 1 atom stereocenters. The number of hydrogen-bond acceptors (Lipinski definition) is 3. The van der Waals surface area contributed by atoms with E-state index in [4.69, 9.17) is 14.5 Å². The number of guanidine groups is 1. The lowest BCUT2D eigenvalue weighted by molar-refractivity contribution is -0.00834. The maximum atomic E-state index is 6.04. The summed E-state index contributed by atoms with van der Waals surface area (Å²) in [5.41, 5.74) is 2.57. The summed E-state index contributed by atoms with van der Waals surface area (Å²) in [5.74, 6) is 1.83. The van der Waals surface area contributed by atoms with Crippen LogP contribution >= 0.6 is 0 Å². The zero-order valence-corrected chi connectivity index (χ0v) is 16.2. The van der Waals surface area contributed by atoms with Crippen LogP contribution < -0.4 is 5.32 Å². The molecule has 0 amide bonds. The Bertz CT molecular complexity index is 586. The molecule has 0 spiro atoms. The van der Waals surface area contributed by atoms with Crippen LogP contribution in [-0.4, -0.2) is 56.9 Å². The lowest BCUT2D eigenvalue weighted by Crippen LogP contribution is -2.48. The van der Waals surface area contributed by atoms with Crippen LogP contribution in [-0.2, 0) is 9.47 Å². The third kappa shape index (κ3) is 5.71. The summed E-state index contributed by atoms with van der Waals surface area (Å²) in [6, 6.07) is 8.49. The molecule has 1 saturated carbocycles. The molecule has 1 aliphatic carbocycles. The zero-order chi connectivity index (χ0) is 18.2. The van der Waals surface area contributed by atoms with Gasteiger partial charge >= 0.3 is 0 Å². The zero-order valence-electron chi connectivity index (χ0n) is 16.2. The Morgan fingerprint density at radius 3 is 2.96 bits per heavy atom. The van der Waals surface area contributed by atoms with Crippen LogP contribution in [0.5, 0.6) is 0 Å². The number of morpholine rings is 1. The molecule has 3 rings (SSSR count). The first-order valence-corrected chi connectivity index (χ1v) is 10.1. The lowest BCUT2D eigenvalue weighted by Gasteiger charge is -2.35. The second kappa shape index (κ2) is 9.93. The Morgan fingerprint density at radius 1 is 1.35 bits per heavy atom. The van der Waals surface area contributed by atoms with Gasteiger partial charge in [0, 0.05) is 32.8 Å². The number of ether oxygens (including phenoxy) is 2. The molecular formula is C21H33N3O2. The predicted octanol–water partition coefficient (Wildman–Crippen LogP) is 3.15. The number of benzene rings is 1. The highest BCUT2D eigenvalue weighted by Gasteiger charge is 2.25. The van der Waals surface area contributed by atoms with Crippen molar-refractivity contribution in [3.63, 3.8) is 0 Å². The average Bonchev–Trinajstić information content (AvgIpc) is 3.48. The van der Waals surface area contributed by atoms with E-state index in [0.29, 0.717) is 0 Å². The Labute approximate surface area is 157 Å². The van der Waals surface area contributed by atoms with E-state index in [1.807, 2.05) is 0 Å². The van der Waals surface area contributed by atoms with Gasteiger partial charge in [-0.3, -0.25) is 4.99 Å². The monoisotopic (exact) mass is 359 g/mol. The summed E-state index contributed by atoms with van der Waals surface area (Å²) in [5, 5.41) is 3.44. The smallest absolute Gasteiger partial charge is 0.194 e. The third-order valence-corrected chi connectivity index (χ3v) is 5.00. The van der Waals surface area contributed by atoms with Gasteiger partial charge in [-0.05, 0) is 50.2 Å². The first-order valence-electron chi connectivity index (χ1n) is 10.1. The molecule has 1 N–H and O–H groups in total. The van der Waals surface area contributed by atoms with E-state index >= 15 is 0 Å². The number of hydrogen-bond donors (Lipinski definition) is 1. The van der Waals surface area contributed by atoms with E-state index in [-0.39, 0.29) is 6.10 Å². The molecule has 26 heavy (non-hydrogen) atoms. The third-order valence-electron chi connectivity index (χ3n) is 5.00. The molecule has 1 aliphatic heterocycles. The summed E-state index contributed by atoms with van der Waals surface area (Å²) >= 11 is 0. The number of rotatable bonds is 8. The van der Waals surface area contributed by atoms with Crippen molar-refractivity contribution in [1.82, 2.24) is 10.2 Å². The summed E-state index contributed by atoms with van der Waals surface area (Å²) in [4.78, 5) is 7.14. The van der Waals surface area contributed by atoms with Crippen LogP contribution in [0.1, 0.15) is 43.4 Å². The van der Waals surface area contributed by atoms with E-state index in [1.54, 1.807) is 0 Å². The van der Waals surface area contributed by atoms with Crippen molar-refractivity contribution in [2.24, 2.45) is 10.9 Å². The van der Waals surface area contributed by atoms with Crippen molar-refractivity contribution in [2.45, 2.75) is 39.2 Å². The highest BCUT2D eigenvalue weighted by Crippen LogP contribution is 2.28. The maximum Gasteiger partial charge on any atom is 0.194 e. The molecule has 2 aliphatic rings. The van der Waals surface area contributed by atoms with Gasteiger partial charge in [0.2, 0.25) is 0 Å². The second-order valence-corrected chi connectivity index (χ2v) is 7.27. The Morgan fingerprint density at radius 2 is 2.19 bits per heavy atom. The van der Waals surface area contributed by atoms with E-state index in [1.165, 1.54) is 24.0 Å². The van der Waals surface area contributed by atoms with Crippen molar-refractivity contribution < 1.29 is 9.47 Å². The fourth-order valence-corrected chi connectivity index (χ4v) is 3.29. The minimum absolute atomic E-state index is 0.107. The number of aliphatic imine (C=N–C) groups is 1. The van der Waals surface area contributed by atoms with Crippen LogP contribution in [0.2, 0.25) is 0 Å². The van der Waals surface area contributed by atoms with Crippen molar-refractivity contribution >= 4 is 5.96 Å². The fourth-order valence-electron chi connectivity index (χ4n) is 3.29. The molecule has 2 fully saturated rings. The summed E-state index contributed by atoms with van der Waals surface area (Å²) in [6.07, 6.45) is 3.78. The predicted molar refractivity (Wildman–Crippen MR) is 106 cm³/mol. The van der Waals surface area contributed by atoms with Crippen molar-refractivity contribution in [1.29, 1.82) is 0 Å². The van der Waals surface area contributed by atoms with Crippen LogP contribution in [0.25, 0.3) is 0 Å². The van der Waals surface area contributed by atoms with Gasteiger partial charge < -0.3 is 19.7 Å². The van der Waals surface area contributed by atoms with Gasteiger partial charge in [0.05, 0.1) is 13.2 Å². The first-order chi connectivity index (χ1) is 12.8. The van der Waals surface area contributed by atoms with Gasteiger partial charge in [0.25, 0.3) is 0 Å². The molecule has 5 heteroatoms. The number of nitrogens with one attached hydrogen (secondary N) is 1. The lowest BCUT2D eigenvalue weighted by atomic mass is 10.0. The Hall–Kier alpha value is -1.59. The first kappa shape index (κ1) is 19.2. The largest absolute Gasteiger partial charge is 0.381 e. The van der Waals surface area contributed by atoms with Crippen LogP contribution in [0.3, 0.4) is 0 Å². The van der Waals surface area contributed by atoms with E-state index in [9.17, 15) is 0 Å². The van der Waals surface area contributed by atoms with Gasteiger partial charge in [-0.15, -0.1) is 0 Å². The van der Waals surface area contributed by atoms with Gasteiger partial charge in [0.15, 0.2) is 5.96 Å². The highest BCUT2D eigenvalue weighted by atomic mass is 16.5. The molecule has 0 aromatic heterocycles. The average molecular weight is 360 g/mol. The molecule has 144 valence electrons. The minimum Gasteiger partial charge on any atom is -0.381 e. The summed E-state index contributed by atoms with van der Waals surface area (Å²) in [6.45, 7) is 10.2. The quantitative estimate of drug-likeness (QED) is 0.440. The van der Waals surface area contributed by atoms with Crippen LogP contribution in [0, 0.1) is 12.8 Å². The molecule has 1 aromatic carbocycles. The van der Waals surface area contributed by atoms with Crippen LogP contribution in [0.15, 0.2) is 29.3 Å². The van der Waals surface area contributed by atoms with E-state index in [2.05, 4.69) is 48.3 Å². The normalized spacial score (nSPS) is 21.1. The van der Waals surface area contributed by atoms with Crippen LogP contribution in [0.4, 0.5) is 0 Å². The number of nitrogens with zero attached hydrogens (tertiary/aromatic N) is 2. The molecule has 5 nitrogen and oxygen atoms in total.